The quantitative estimate of drug-likeness (QED) is 0.218. The van der Waals surface area contributed by atoms with Crippen molar-refractivity contribution >= 4 is 41.2 Å². The molecule has 176 valence electrons. The minimum absolute atomic E-state index is 0.00144. The molecule has 0 radical (unpaired) electrons. The summed E-state index contributed by atoms with van der Waals surface area (Å²) >= 11 is 12.3. The summed E-state index contributed by atoms with van der Waals surface area (Å²) < 4.78 is 5.74. The number of halogens is 2. The van der Waals surface area contributed by atoms with Crippen LogP contribution in [0.1, 0.15) is 34.1 Å². The van der Waals surface area contributed by atoms with E-state index >= 15 is 0 Å². The SMILES string of the molecule is O=C(C[C@H](NC(=O)c1ccccc1)c1ccccc1)N/N=C\c1ccc(-c2cc(Cl)ccc2Cl)o1. The molecule has 0 spiro atoms. The Kier molecular flexibility index (Phi) is 7.98. The first-order valence-corrected chi connectivity index (χ1v) is 11.5. The monoisotopic (exact) mass is 505 g/mol. The standard InChI is InChI=1S/C27H21Cl2N3O3/c28-20-11-13-23(29)22(15-20)25-14-12-21(35-25)17-30-32-26(33)16-24(18-7-3-1-4-8-18)31-27(34)19-9-5-2-6-10-19/h1-15,17,24H,16H2,(H,31,34)(H,32,33)/b30-17-/t24-/m0/s1. The highest BCUT2D eigenvalue weighted by Gasteiger charge is 2.19. The first kappa shape index (κ1) is 24.3. The molecule has 0 saturated carbocycles. The zero-order chi connectivity index (χ0) is 24.6. The minimum atomic E-state index is -0.528. The highest BCUT2D eigenvalue weighted by atomic mass is 35.5. The number of hydrazone groups is 1. The second-order valence-corrected chi connectivity index (χ2v) is 8.47. The Morgan fingerprint density at radius 2 is 1.63 bits per heavy atom. The lowest BCUT2D eigenvalue weighted by Crippen LogP contribution is -2.32. The molecule has 4 rings (SSSR count). The predicted molar refractivity (Wildman–Crippen MR) is 138 cm³/mol. The maximum atomic E-state index is 12.7. The summed E-state index contributed by atoms with van der Waals surface area (Å²) in [5.74, 6) is 0.318. The van der Waals surface area contributed by atoms with Crippen molar-refractivity contribution in [3.05, 3.63) is 118 Å². The van der Waals surface area contributed by atoms with Gasteiger partial charge in [-0.15, -0.1) is 0 Å². The molecule has 1 aromatic heterocycles. The lowest BCUT2D eigenvalue weighted by molar-refractivity contribution is -0.121. The zero-order valence-electron chi connectivity index (χ0n) is 18.4. The molecule has 2 amide bonds. The largest absolute Gasteiger partial charge is 0.455 e. The van der Waals surface area contributed by atoms with E-state index in [2.05, 4.69) is 15.8 Å². The molecule has 2 N–H and O–H groups in total. The van der Waals surface area contributed by atoms with E-state index in [1.54, 1.807) is 54.6 Å². The fraction of sp³-hybridized carbons (Fsp3) is 0.0741. The van der Waals surface area contributed by atoms with Crippen molar-refractivity contribution < 1.29 is 14.0 Å². The highest BCUT2D eigenvalue weighted by molar-refractivity contribution is 6.35. The molecule has 0 fully saturated rings. The van der Waals surface area contributed by atoms with Gasteiger partial charge in [0.05, 0.1) is 23.7 Å². The first-order valence-electron chi connectivity index (χ1n) is 10.8. The lowest BCUT2D eigenvalue weighted by atomic mass is 10.0. The number of carbonyl (C=O) groups is 2. The topological polar surface area (TPSA) is 83.7 Å². The van der Waals surface area contributed by atoms with Crippen LogP contribution in [-0.4, -0.2) is 18.0 Å². The maximum Gasteiger partial charge on any atom is 0.251 e. The van der Waals surface area contributed by atoms with Gasteiger partial charge in [-0.3, -0.25) is 9.59 Å². The van der Waals surface area contributed by atoms with Gasteiger partial charge < -0.3 is 9.73 Å². The molecule has 1 heterocycles. The summed E-state index contributed by atoms with van der Waals surface area (Å²) in [5, 5.41) is 7.95. The number of hydrogen-bond acceptors (Lipinski definition) is 4. The van der Waals surface area contributed by atoms with Crippen molar-refractivity contribution in [1.82, 2.24) is 10.7 Å². The number of amides is 2. The van der Waals surface area contributed by atoms with E-state index in [-0.39, 0.29) is 18.2 Å². The number of nitrogens with zero attached hydrogens (tertiary/aromatic N) is 1. The smallest absolute Gasteiger partial charge is 0.251 e. The number of nitrogens with one attached hydrogen (secondary N) is 2. The number of furan rings is 1. The molecule has 0 unspecified atom stereocenters. The van der Waals surface area contributed by atoms with Gasteiger partial charge in [0, 0.05) is 16.1 Å². The van der Waals surface area contributed by atoms with E-state index < -0.39 is 6.04 Å². The molecule has 0 aliphatic rings. The molecule has 8 heteroatoms. The van der Waals surface area contributed by atoms with Gasteiger partial charge >= 0.3 is 0 Å². The number of benzene rings is 3. The van der Waals surface area contributed by atoms with Gasteiger partial charge in [0.1, 0.15) is 11.5 Å². The number of hydrogen-bond donors (Lipinski definition) is 2. The summed E-state index contributed by atoms with van der Waals surface area (Å²) in [7, 11) is 0. The van der Waals surface area contributed by atoms with Crippen molar-refractivity contribution in [1.29, 1.82) is 0 Å². The average Bonchev–Trinajstić information content (AvgIpc) is 3.35. The van der Waals surface area contributed by atoms with Gasteiger partial charge in [-0.25, -0.2) is 5.43 Å². The molecule has 3 aromatic carbocycles. The van der Waals surface area contributed by atoms with Crippen molar-refractivity contribution in [2.75, 3.05) is 0 Å². The zero-order valence-corrected chi connectivity index (χ0v) is 20.0. The van der Waals surface area contributed by atoms with Crippen molar-refractivity contribution in [2.45, 2.75) is 12.5 Å². The third-order valence-corrected chi connectivity index (χ3v) is 5.70. The third-order valence-electron chi connectivity index (χ3n) is 5.13. The Morgan fingerprint density at radius 3 is 2.37 bits per heavy atom. The Bertz CT molecular complexity index is 1340. The normalized spacial score (nSPS) is 11.8. The molecule has 1 atom stereocenters. The Balaban J connectivity index is 1.40. The second-order valence-electron chi connectivity index (χ2n) is 7.63. The van der Waals surface area contributed by atoms with Crippen LogP contribution in [0.2, 0.25) is 10.0 Å². The van der Waals surface area contributed by atoms with Gasteiger partial charge in [0.2, 0.25) is 5.91 Å². The van der Waals surface area contributed by atoms with Crippen LogP contribution in [0.15, 0.2) is 101 Å². The Morgan fingerprint density at radius 1 is 0.914 bits per heavy atom. The van der Waals surface area contributed by atoms with E-state index in [4.69, 9.17) is 27.6 Å². The van der Waals surface area contributed by atoms with Crippen LogP contribution in [0.3, 0.4) is 0 Å². The van der Waals surface area contributed by atoms with Gasteiger partial charge in [-0.2, -0.15) is 5.10 Å². The van der Waals surface area contributed by atoms with Crippen LogP contribution in [0.25, 0.3) is 11.3 Å². The maximum absolute atomic E-state index is 12.7. The average molecular weight is 506 g/mol. The molecule has 6 nitrogen and oxygen atoms in total. The van der Waals surface area contributed by atoms with Crippen LogP contribution in [0, 0.1) is 0 Å². The highest BCUT2D eigenvalue weighted by Crippen LogP contribution is 2.31. The van der Waals surface area contributed by atoms with Gasteiger partial charge in [-0.05, 0) is 48.0 Å². The van der Waals surface area contributed by atoms with E-state index in [0.717, 1.165) is 5.56 Å². The molecule has 35 heavy (non-hydrogen) atoms. The van der Waals surface area contributed by atoms with Crippen LogP contribution in [0.5, 0.6) is 0 Å². The Labute approximate surface area is 212 Å². The second kappa shape index (κ2) is 11.5. The van der Waals surface area contributed by atoms with Crippen molar-refractivity contribution in [3.63, 3.8) is 0 Å². The van der Waals surface area contributed by atoms with Crippen LogP contribution < -0.4 is 10.7 Å². The lowest BCUT2D eigenvalue weighted by Gasteiger charge is -2.18. The van der Waals surface area contributed by atoms with Gasteiger partial charge in [0.25, 0.3) is 5.91 Å². The van der Waals surface area contributed by atoms with Crippen LogP contribution >= 0.6 is 23.2 Å². The predicted octanol–water partition coefficient (Wildman–Crippen LogP) is 6.26. The number of carbonyl (C=O) groups excluding carboxylic acids is 2. The Hall–Kier alpha value is -3.87. The summed E-state index contributed by atoms with van der Waals surface area (Å²) in [6.45, 7) is 0. The molecule has 0 aliphatic carbocycles. The fourth-order valence-corrected chi connectivity index (χ4v) is 3.80. The van der Waals surface area contributed by atoms with Crippen LogP contribution in [0.4, 0.5) is 0 Å². The molecular formula is C27H21Cl2N3O3. The van der Waals surface area contributed by atoms with Crippen molar-refractivity contribution in [3.8, 4) is 11.3 Å². The fourth-order valence-electron chi connectivity index (χ4n) is 3.42. The van der Waals surface area contributed by atoms with E-state index in [9.17, 15) is 9.59 Å². The van der Waals surface area contributed by atoms with Crippen molar-refractivity contribution in [2.24, 2.45) is 5.10 Å². The van der Waals surface area contributed by atoms with Gasteiger partial charge in [-0.1, -0.05) is 71.7 Å². The number of rotatable bonds is 8. The first-order chi connectivity index (χ1) is 17.0. The summed E-state index contributed by atoms with van der Waals surface area (Å²) in [6, 6.07) is 26.2. The molecule has 4 aromatic rings. The van der Waals surface area contributed by atoms with E-state index in [1.807, 2.05) is 36.4 Å². The van der Waals surface area contributed by atoms with E-state index in [1.165, 1.54) is 6.21 Å². The molecule has 0 saturated heterocycles. The van der Waals surface area contributed by atoms with Gasteiger partial charge in [0.15, 0.2) is 0 Å². The molecule has 0 bridgehead atoms. The third kappa shape index (κ3) is 6.59. The summed E-state index contributed by atoms with van der Waals surface area (Å²) in [5.41, 5.74) is 4.47. The minimum Gasteiger partial charge on any atom is -0.455 e. The molecule has 0 aliphatic heterocycles. The van der Waals surface area contributed by atoms with Crippen LogP contribution in [-0.2, 0) is 4.79 Å². The van der Waals surface area contributed by atoms with E-state index in [0.29, 0.717) is 32.7 Å². The summed E-state index contributed by atoms with van der Waals surface area (Å²) in [4.78, 5) is 25.3. The molecular weight excluding hydrogens is 485 g/mol. The summed E-state index contributed by atoms with van der Waals surface area (Å²) in [6.07, 6.45) is 1.39.